The van der Waals surface area contributed by atoms with Crippen molar-refractivity contribution in [3.63, 3.8) is 0 Å². The van der Waals surface area contributed by atoms with Crippen LogP contribution in [0.1, 0.15) is 21.7 Å². The van der Waals surface area contributed by atoms with Crippen LogP contribution in [0.5, 0.6) is 23.1 Å². The minimum absolute atomic E-state index is 0.0863. The second kappa shape index (κ2) is 11.0. The van der Waals surface area contributed by atoms with Crippen molar-refractivity contribution in [3.8, 4) is 34.5 Å². The third-order valence-electron chi connectivity index (χ3n) is 6.96. The molecule has 1 aromatic carbocycles. The normalized spacial score (nSPS) is 12.6. The van der Waals surface area contributed by atoms with Crippen molar-refractivity contribution in [2.45, 2.75) is 20.1 Å². The number of ether oxygens (including phenoxy) is 4. The van der Waals surface area contributed by atoms with E-state index in [4.69, 9.17) is 23.4 Å². The molecule has 42 heavy (non-hydrogen) atoms. The summed E-state index contributed by atoms with van der Waals surface area (Å²) in [6.45, 7) is 2.79. The van der Waals surface area contributed by atoms with Crippen molar-refractivity contribution in [2.24, 2.45) is 0 Å². The first kappa shape index (κ1) is 27.0. The van der Waals surface area contributed by atoms with Crippen molar-refractivity contribution in [1.82, 2.24) is 14.5 Å². The molecule has 11 nitrogen and oxygen atoms in total. The summed E-state index contributed by atoms with van der Waals surface area (Å²) in [6, 6.07) is 10.5. The van der Waals surface area contributed by atoms with E-state index >= 15 is 4.39 Å². The third-order valence-corrected chi connectivity index (χ3v) is 6.96. The number of rotatable bonds is 7. The van der Waals surface area contributed by atoms with E-state index in [0.717, 1.165) is 6.07 Å². The highest BCUT2D eigenvalue weighted by atomic mass is 19.1. The molecule has 0 saturated carbocycles. The molecule has 1 aliphatic rings. The molecule has 1 aliphatic heterocycles. The Bertz CT molecular complexity index is 1890. The molecule has 0 bridgehead atoms. The van der Waals surface area contributed by atoms with Crippen LogP contribution in [0, 0.1) is 12.7 Å². The van der Waals surface area contributed by atoms with Crippen LogP contribution < -0.4 is 25.0 Å². The highest BCUT2D eigenvalue weighted by Gasteiger charge is 2.28. The van der Waals surface area contributed by atoms with Gasteiger partial charge in [-0.3, -0.25) is 14.6 Å². The molecule has 0 unspecified atom stereocenters. The molecule has 214 valence electrons. The molecule has 0 saturated heterocycles. The first-order valence-electron chi connectivity index (χ1n) is 12.9. The molecule has 4 aromatic heterocycles. The van der Waals surface area contributed by atoms with Crippen LogP contribution in [0.2, 0.25) is 0 Å². The van der Waals surface area contributed by atoms with Gasteiger partial charge in [0.25, 0.3) is 11.8 Å². The predicted molar refractivity (Wildman–Crippen MR) is 150 cm³/mol. The Balaban J connectivity index is 1.31. The fourth-order valence-electron chi connectivity index (χ4n) is 4.98. The van der Waals surface area contributed by atoms with Crippen LogP contribution in [-0.4, -0.2) is 41.3 Å². The fraction of sp³-hybridized carbons (Fsp3) is 0.200. The molecular weight excluding hydrogens is 547 g/mol. The molecule has 0 fully saturated rings. The number of amides is 1. The lowest BCUT2D eigenvalue weighted by Crippen LogP contribution is -2.33. The summed E-state index contributed by atoms with van der Waals surface area (Å²) in [6.07, 6.45) is 2.96. The van der Waals surface area contributed by atoms with Gasteiger partial charge in [-0.1, -0.05) is 0 Å². The van der Waals surface area contributed by atoms with Gasteiger partial charge < -0.3 is 33.2 Å². The van der Waals surface area contributed by atoms with Crippen molar-refractivity contribution >= 4 is 22.6 Å². The van der Waals surface area contributed by atoms with E-state index in [-0.39, 0.29) is 40.8 Å². The largest absolute Gasteiger partial charge is 0.491 e. The van der Waals surface area contributed by atoms with E-state index in [1.54, 1.807) is 31.2 Å². The van der Waals surface area contributed by atoms with Gasteiger partial charge in [0, 0.05) is 42.3 Å². The van der Waals surface area contributed by atoms with Gasteiger partial charge >= 0.3 is 0 Å². The van der Waals surface area contributed by atoms with Crippen molar-refractivity contribution in [1.29, 1.82) is 0 Å². The molecule has 5 aromatic rings. The molecule has 5 heterocycles. The van der Waals surface area contributed by atoms with E-state index in [1.165, 1.54) is 38.8 Å². The number of halogens is 1. The summed E-state index contributed by atoms with van der Waals surface area (Å²) in [4.78, 5) is 35.7. The van der Waals surface area contributed by atoms with Gasteiger partial charge in [0.2, 0.25) is 5.43 Å². The van der Waals surface area contributed by atoms with Crippen LogP contribution in [0.3, 0.4) is 0 Å². The summed E-state index contributed by atoms with van der Waals surface area (Å²) >= 11 is 0. The Morgan fingerprint density at radius 3 is 2.69 bits per heavy atom. The Morgan fingerprint density at radius 2 is 1.95 bits per heavy atom. The quantitative estimate of drug-likeness (QED) is 0.284. The standard InChI is InChI=1S/C30H25FN4O7/c1-16-25(22-5-4-11-41-22)28(36)26(20-15-40-12-10-35(16)20)29(37)33-17-6-7-21(18(31)13-17)42-23-8-9-32-19-14-24(38-2)30(39-3)34-27(19)23/h4-9,11,13-14H,10,12,15H2,1-3H3,(H,33,37). The van der Waals surface area contributed by atoms with E-state index < -0.39 is 17.2 Å². The SMILES string of the molecule is COc1cc2nccc(Oc3ccc(NC(=O)c4c5n(c(C)c(-c6ccco6)c4=O)CCOC5)cc3F)c2nc1OC. The maximum absolute atomic E-state index is 15.3. The van der Waals surface area contributed by atoms with Gasteiger partial charge in [0.05, 0.1) is 50.5 Å². The van der Waals surface area contributed by atoms with Gasteiger partial charge in [0.15, 0.2) is 23.1 Å². The minimum atomic E-state index is -0.750. The monoisotopic (exact) mass is 572 g/mol. The zero-order valence-electron chi connectivity index (χ0n) is 22.9. The Hall–Kier alpha value is -5.23. The van der Waals surface area contributed by atoms with Crippen LogP contribution >= 0.6 is 0 Å². The molecule has 0 atom stereocenters. The van der Waals surface area contributed by atoms with Crippen molar-refractivity contribution in [2.75, 3.05) is 26.1 Å². The van der Waals surface area contributed by atoms with Gasteiger partial charge in [-0.25, -0.2) is 9.37 Å². The Kier molecular flexibility index (Phi) is 7.05. The molecule has 0 aliphatic carbocycles. The molecule has 0 spiro atoms. The third kappa shape index (κ3) is 4.71. The second-order valence-corrected chi connectivity index (χ2v) is 9.37. The number of carbonyl (C=O) groups is 1. The highest BCUT2D eigenvalue weighted by molar-refractivity contribution is 6.05. The zero-order valence-corrected chi connectivity index (χ0v) is 22.9. The summed E-state index contributed by atoms with van der Waals surface area (Å²) in [7, 11) is 2.93. The predicted octanol–water partition coefficient (Wildman–Crippen LogP) is 5.09. The molecule has 1 N–H and O–H groups in total. The van der Waals surface area contributed by atoms with E-state index in [9.17, 15) is 9.59 Å². The van der Waals surface area contributed by atoms with Crippen LogP contribution in [0.25, 0.3) is 22.4 Å². The summed E-state index contributed by atoms with van der Waals surface area (Å²) in [5, 5.41) is 2.64. The summed E-state index contributed by atoms with van der Waals surface area (Å²) < 4.78 is 44.6. The average molecular weight is 573 g/mol. The molecule has 6 rings (SSSR count). The number of anilines is 1. The molecule has 1 amide bonds. The lowest BCUT2D eigenvalue weighted by atomic mass is 10.0. The number of methoxy groups -OCH3 is 2. The van der Waals surface area contributed by atoms with Gasteiger partial charge in [0.1, 0.15) is 16.8 Å². The summed E-state index contributed by atoms with van der Waals surface area (Å²) in [5.74, 6) is -0.356. The Labute approximate surface area is 238 Å². The number of hydrogen-bond donors (Lipinski definition) is 1. The highest BCUT2D eigenvalue weighted by Crippen LogP contribution is 2.35. The molecule has 12 heteroatoms. The zero-order chi connectivity index (χ0) is 29.4. The number of carbonyl (C=O) groups excluding carboxylic acids is 1. The van der Waals surface area contributed by atoms with E-state index in [0.29, 0.717) is 47.1 Å². The topological polar surface area (TPSA) is 127 Å². The van der Waals surface area contributed by atoms with Crippen LogP contribution in [0.15, 0.2) is 64.1 Å². The van der Waals surface area contributed by atoms with Crippen molar-refractivity contribution < 1.29 is 32.5 Å². The van der Waals surface area contributed by atoms with Crippen molar-refractivity contribution in [3.05, 3.63) is 87.9 Å². The average Bonchev–Trinajstić information content (AvgIpc) is 3.52. The first-order chi connectivity index (χ1) is 20.4. The number of nitrogens with one attached hydrogen (secondary N) is 1. The van der Waals surface area contributed by atoms with E-state index in [1.807, 2.05) is 4.57 Å². The lowest BCUT2D eigenvalue weighted by molar-refractivity contribution is 0.0801. The number of furan rings is 1. The summed E-state index contributed by atoms with van der Waals surface area (Å²) in [5.41, 5.74) is 1.74. The number of pyridine rings is 3. The minimum Gasteiger partial charge on any atom is -0.491 e. The first-order valence-corrected chi connectivity index (χ1v) is 12.9. The maximum Gasteiger partial charge on any atom is 0.261 e. The molecule has 0 radical (unpaired) electrons. The van der Waals surface area contributed by atoms with Gasteiger partial charge in [-0.15, -0.1) is 0 Å². The number of nitrogens with zero attached hydrogens (tertiary/aromatic N) is 3. The number of benzene rings is 1. The Morgan fingerprint density at radius 1 is 1.10 bits per heavy atom. The smallest absolute Gasteiger partial charge is 0.261 e. The number of hydrogen-bond acceptors (Lipinski definition) is 9. The second-order valence-electron chi connectivity index (χ2n) is 9.37. The number of fused-ring (bicyclic) bond motifs is 2. The van der Waals surface area contributed by atoms with Gasteiger partial charge in [-0.05, 0) is 31.2 Å². The maximum atomic E-state index is 15.3. The number of aromatic nitrogens is 3. The van der Waals surface area contributed by atoms with Crippen LogP contribution in [0.4, 0.5) is 10.1 Å². The molecular formula is C30H25FN4O7. The fourth-order valence-corrected chi connectivity index (χ4v) is 4.98. The van der Waals surface area contributed by atoms with Gasteiger partial charge in [-0.2, -0.15) is 0 Å². The van der Waals surface area contributed by atoms with E-state index in [2.05, 4.69) is 15.3 Å². The van der Waals surface area contributed by atoms with Crippen LogP contribution in [-0.2, 0) is 17.9 Å². The lowest BCUT2D eigenvalue weighted by Gasteiger charge is -2.25.